The Hall–Kier alpha value is -3.18. The molecule has 2 unspecified atom stereocenters. The molecular formula is C30H36N4O6. The van der Waals surface area contributed by atoms with Crippen molar-refractivity contribution in [2.45, 2.75) is 102 Å². The van der Waals surface area contributed by atoms with Gasteiger partial charge >= 0.3 is 0 Å². The van der Waals surface area contributed by atoms with Gasteiger partial charge in [0.05, 0.1) is 23.2 Å². The minimum absolute atomic E-state index is 0.248. The van der Waals surface area contributed by atoms with Crippen LogP contribution in [0.2, 0.25) is 0 Å². The first kappa shape index (κ1) is 27.0. The first-order valence-corrected chi connectivity index (χ1v) is 13.7. The maximum atomic E-state index is 14.0. The monoisotopic (exact) mass is 548 g/mol. The number of rotatable bonds is 2. The fraction of sp³-hybridized carbons (Fsp3) is 0.533. The van der Waals surface area contributed by atoms with E-state index in [4.69, 9.17) is 0 Å². The van der Waals surface area contributed by atoms with Gasteiger partial charge in [-0.1, -0.05) is 0 Å². The van der Waals surface area contributed by atoms with E-state index in [1.807, 2.05) is 27.7 Å². The zero-order valence-corrected chi connectivity index (χ0v) is 24.2. The van der Waals surface area contributed by atoms with Crippen LogP contribution in [0.5, 0.6) is 0 Å². The van der Waals surface area contributed by atoms with E-state index in [0.29, 0.717) is 23.6 Å². The average molecular weight is 549 g/mol. The van der Waals surface area contributed by atoms with Gasteiger partial charge in [0.1, 0.15) is 0 Å². The number of hydrogen-bond donors (Lipinski definition) is 2. The lowest BCUT2D eigenvalue weighted by molar-refractivity contribution is -0.196. The lowest BCUT2D eigenvalue weighted by Gasteiger charge is -2.42. The van der Waals surface area contributed by atoms with E-state index in [9.17, 15) is 29.6 Å². The van der Waals surface area contributed by atoms with Crippen LogP contribution in [-0.4, -0.2) is 88.2 Å². The van der Waals surface area contributed by atoms with Crippen LogP contribution in [0, 0.1) is 0 Å². The highest BCUT2D eigenvalue weighted by molar-refractivity contribution is 6.33. The van der Waals surface area contributed by atoms with Crippen molar-refractivity contribution in [3.8, 4) is 0 Å². The van der Waals surface area contributed by atoms with Crippen LogP contribution in [-0.2, 0) is 0 Å². The smallest absolute Gasteiger partial charge is 0.261 e. The molecule has 212 valence electrons. The van der Waals surface area contributed by atoms with Gasteiger partial charge in [-0.3, -0.25) is 29.0 Å². The number of hydroxylamine groups is 4. The normalized spacial score (nSPS) is 28.8. The summed E-state index contributed by atoms with van der Waals surface area (Å²) in [5.41, 5.74) is -2.12. The van der Waals surface area contributed by atoms with Gasteiger partial charge in [-0.15, -0.1) is 0 Å². The molecule has 2 aromatic carbocycles. The predicted octanol–water partition coefficient (Wildman–Crippen LogP) is 4.07. The molecule has 10 heteroatoms. The Morgan fingerprint density at radius 3 is 1.00 bits per heavy atom. The molecule has 4 heterocycles. The molecule has 10 nitrogen and oxygen atoms in total. The Labute approximate surface area is 233 Å². The fourth-order valence-electron chi connectivity index (χ4n) is 7.75. The summed E-state index contributed by atoms with van der Waals surface area (Å²) in [6.45, 7) is 14.6. The molecule has 4 amide bonds. The predicted molar refractivity (Wildman–Crippen MR) is 145 cm³/mol. The van der Waals surface area contributed by atoms with Crippen molar-refractivity contribution < 1.29 is 29.6 Å². The van der Waals surface area contributed by atoms with Gasteiger partial charge in [0, 0.05) is 44.1 Å². The first-order valence-electron chi connectivity index (χ1n) is 13.7. The molecule has 4 aliphatic heterocycles. The molecular weight excluding hydrogens is 512 g/mol. The number of carbonyl (C=O) groups excluding carboxylic acids is 4. The fourth-order valence-corrected chi connectivity index (χ4v) is 7.75. The molecule has 0 spiro atoms. The van der Waals surface area contributed by atoms with Crippen LogP contribution >= 0.6 is 0 Å². The third-order valence-corrected chi connectivity index (χ3v) is 9.84. The Bertz CT molecular complexity index is 1370. The molecule has 0 radical (unpaired) electrons. The van der Waals surface area contributed by atoms with Crippen molar-refractivity contribution in [2.75, 3.05) is 0 Å². The highest BCUT2D eigenvalue weighted by Gasteiger charge is 2.59. The van der Waals surface area contributed by atoms with E-state index in [1.165, 1.54) is 19.9 Å². The van der Waals surface area contributed by atoms with E-state index in [1.54, 1.807) is 52.0 Å². The Morgan fingerprint density at radius 1 is 0.550 bits per heavy atom. The van der Waals surface area contributed by atoms with Crippen LogP contribution in [0.3, 0.4) is 0 Å². The maximum Gasteiger partial charge on any atom is 0.261 e. The lowest BCUT2D eigenvalue weighted by Crippen LogP contribution is -2.58. The molecule has 6 rings (SSSR count). The topological polar surface area (TPSA) is 122 Å². The van der Waals surface area contributed by atoms with Crippen molar-refractivity contribution in [2.24, 2.45) is 0 Å². The summed E-state index contributed by atoms with van der Waals surface area (Å²) >= 11 is 0. The third kappa shape index (κ3) is 3.13. The molecule has 0 bridgehead atoms. The molecule has 0 aromatic heterocycles. The van der Waals surface area contributed by atoms with E-state index in [2.05, 4.69) is 0 Å². The number of benzene rings is 2. The molecule has 2 fully saturated rings. The molecule has 2 aromatic rings. The zero-order valence-electron chi connectivity index (χ0n) is 24.2. The van der Waals surface area contributed by atoms with E-state index in [-0.39, 0.29) is 22.3 Å². The van der Waals surface area contributed by atoms with Gasteiger partial charge < -0.3 is 10.4 Å². The molecule has 2 atom stereocenters. The molecule has 40 heavy (non-hydrogen) atoms. The van der Waals surface area contributed by atoms with Crippen LogP contribution in [0.25, 0.3) is 10.8 Å². The number of nitrogens with zero attached hydrogens (tertiary/aromatic N) is 4. The average Bonchev–Trinajstić information content (AvgIpc) is 3.13. The molecule has 2 N–H and O–H groups in total. The summed E-state index contributed by atoms with van der Waals surface area (Å²) in [5, 5.41) is 24.8. The van der Waals surface area contributed by atoms with E-state index >= 15 is 0 Å². The summed E-state index contributed by atoms with van der Waals surface area (Å²) in [7, 11) is 0. The number of carbonyl (C=O) groups is 4. The first-order chi connectivity index (χ1) is 18.4. The van der Waals surface area contributed by atoms with Crippen molar-refractivity contribution in [3.05, 3.63) is 46.5 Å². The number of hydrogen-bond acceptors (Lipinski definition) is 8. The maximum absolute atomic E-state index is 14.0. The number of imide groups is 2. The quantitative estimate of drug-likeness (QED) is 0.539. The van der Waals surface area contributed by atoms with Crippen molar-refractivity contribution >= 4 is 34.4 Å². The highest BCUT2D eigenvalue weighted by atomic mass is 16.5. The minimum Gasteiger partial charge on any atom is -0.313 e. The van der Waals surface area contributed by atoms with Gasteiger partial charge in [0.25, 0.3) is 23.6 Å². The second-order valence-corrected chi connectivity index (χ2v) is 14.0. The SMILES string of the molecule is CC1(C)CC(N2C(=O)c3ccc4c5c(ccc(c35)C2=O)C(=O)N(C2CC(C)(C)N(O)C2(C)C)C4=O)C(C)(C)N1O. The Kier molecular flexibility index (Phi) is 5.24. The van der Waals surface area contributed by atoms with Crippen LogP contribution in [0.1, 0.15) is 110 Å². The van der Waals surface area contributed by atoms with Crippen LogP contribution < -0.4 is 0 Å². The molecule has 2 saturated heterocycles. The lowest BCUT2D eigenvalue weighted by atomic mass is 9.82. The number of amides is 4. The van der Waals surface area contributed by atoms with Gasteiger partial charge in [0.2, 0.25) is 0 Å². The van der Waals surface area contributed by atoms with Gasteiger partial charge in [-0.05, 0) is 92.5 Å². The molecule has 0 saturated carbocycles. The van der Waals surface area contributed by atoms with Crippen molar-refractivity contribution in [1.82, 2.24) is 19.9 Å². The largest absolute Gasteiger partial charge is 0.313 e. The minimum atomic E-state index is -0.897. The summed E-state index contributed by atoms with van der Waals surface area (Å²) in [5.74, 6) is -2.05. The molecule has 0 aliphatic carbocycles. The molecule has 4 aliphatic rings. The summed E-state index contributed by atoms with van der Waals surface area (Å²) < 4.78 is 0. The second-order valence-electron chi connectivity index (χ2n) is 14.0. The van der Waals surface area contributed by atoms with Gasteiger partial charge in [-0.2, -0.15) is 10.1 Å². The van der Waals surface area contributed by atoms with Crippen molar-refractivity contribution in [3.63, 3.8) is 0 Å². The van der Waals surface area contributed by atoms with Gasteiger partial charge in [0.15, 0.2) is 0 Å². The van der Waals surface area contributed by atoms with Gasteiger partial charge in [-0.25, -0.2) is 0 Å². The highest BCUT2D eigenvalue weighted by Crippen LogP contribution is 2.47. The van der Waals surface area contributed by atoms with Crippen LogP contribution in [0.15, 0.2) is 24.3 Å². The second kappa shape index (κ2) is 7.76. The van der Waals surface area contributed by atoms with E-state index in [0.717, 1.165) is 0 Å². The van der Waals surface area contributed by atoms with Crippen molar-refractivity contribution in [1.29, 1.82) is 0 Å². The summed E-state index contributed by atoms with van der Waals surface area (Å²) in [6, 6.07) is 5.04. The third-order valence-electron chi connectivity index (χ3n) is 9.84. The standard InChI is InChI=1S/C30H36N4O6/c1-27(2)13-19(29(5,6)33(27)39)31-23(35)15-9-11-17-22-18(12-10-16(21(15)22)24(31)36)26(38)32(25(17)37)20-14-28(3,4)34(40)30(20,7)8/h9-12,19-20,39-40H,13-14H2,1-8H3. The summed E-state index contributed by atoms with van der Waals surface area (Å²) in [6.07, 6.45) is 0.758. The van der Waals surface area contributed by atoms with E-state index < -0.39 is 57.9 Å². The van der Waals surface area contributed by atoms with Crippen LogP contribution in [0.4, 0.5) is 0 Å². The Balaban J connectivity index is 1.48. The zero-order chi connectivity index (χ0) is 29.5. The summed E-state index contributed by atoms with van der Waals surface area (Å²) in [4.78, 5) is 58.3. The Morgan fingerprint density at radius 2 is 0.800 bits per heavy atom.